The molecule has 1 N–H and O–H groups in total. The molecule has 2 aromatic rings. The summed E-state index contributed by atoms with van der Waals surface area (Å²) in [5.74, 6) is 0.221. The van der Waals surface area contributed by atoms with Gasteiger partial charge in [0.1, 0.15) is 11.4 Å². The Labute approximate surface area is 157 Å². The summed E-state index contributed by atoms with van der Waals surface area (Å²) < 4.78 is 5.36. The summed E-state index contributed by atoms with van der Waals surface area (Å²) in [6.45, 7) is 2.46. The Morgan fingerprint density at radius 2 is 2.19 bits per heavy atom. The lowest BCUT2D eigenvalue weighted by Crippen LogP contribution is -2.36. The van der Waals surface area contributed by atoms with Gasteiger partial charge in [-0.15, -0.1) is 0 Å². The molecule has 1 amide bonds. The molecule has 0 unspecified atom stereocenters. The fraction of sp³-hybridized carbons (Fsp3) is 0.300. The number of hydrogen-bond acceptors (Lipinski definition) is 6. The number of rotatable bonds is 4. The fourth-order valence-corrected chi connectivity index (χ4v) is 3.25. The minimum absolute atomic E-state index is 0.0959. The molecule has 0 radical (unpaired) electrons. The number of ether oxygens (including phenoxy) is 1. The summed E-state index contributed by atoms with van der Waals surface area (Å²) in [7, 11) is 1.53. The molecule has 2 heterocycles. The predicted molar refractivity (Wildman–Crippen MR) is 98.6 cm³/mol. The van der Waals surface area contributed by atoms with Crippen molar-refractivity contribution in [1.29, 1.82) is 10.5 Å². The van der Waals surface area contributed by atoms with Crippen LogP contribution in [0.3, 0.4) is 0 Å². The Bertz CT molecular complexity index is 944. The van der Waals surface area contributed by atoms with Gasteiger partial charge in [0.15, 0.2) is 6.19 Å². The highest BCUT2D eigenvalue weighted by atomic mass is 16.5. The number of nitrogens with one attached hydrogen (secondary N) is 1. The van der Waals surface area contributed by atoms with E-state index in [0.29, 0.717) is 29.8 Å². The molecule has 1 aliphatic heterocycles. The van der Waals surface area contributed by atoms with Gasteiger partial charge in [0.05, 0.1) is 24.9 Å². The zero-order chi connectivity index (χ0) is 19.4. The largest absolute Gasteiger partial charge is 0.494 e. The lowest BCUT2D eigenvalue weighted by Gasteiger charge is -2.14. The normalized spacial score (nSPS) is 18.4. The van der Waals surface area contributed by atoms with Crippen molar-refractivity contribution in [2.24, 2.45) is 0 Å². The molecule has 27 heavy (non-hydrogen) atoms. The van der Waals surface area contributed by atoms with Crippen LogP contribution in [0.4, 0.5) is 0 Å². The average molecular weight is 361 g/mol. The SMILES string of the molecule is COc1cnc(C(=O)N[C@@H]2C[C@@H](C)N(C#N)C2)cc1-c1cccc(C#N)c1. The van der Waals surface area contributed by atoms with Crippen LogP contribution in [0.25, 0.3) is 11.1 Å². The lowest BCUT2D eigenvalue weighted by molar-refractivity contribution is 0.0933. The first-order valence-corrected chi connectivity index (χ1v) is 8.57. The molecule has 1 aromatic heterocycles. The van der Waals surface area contributed by atoms with Crippen LogP contribution in [0.2, 0.25) is 0 Å². The summed E-state index contributed by atoms with van der Waals surface area (Å²) in [5, 5.41) is 21.1. The van der Waals surface area contributed by atoms with E-state index in [4.69, 9.17) is 15.3 Å². The topological polar surface area (TPSA) is 102 Å². The zero-order valence-electron chi connectivity index (χ0n) is 15.1. The van der Waals surface area contributed by atoms with Gasteiger partial charge in [0, 0.05) is 24.2 Å². The number of pyridine rings is 1. The summed E-state index contributed by atoms with van der Waals surface area (Å²) in [5.41, 5.74) is 2.24. The van der Waals surface area contributed by atoms with Crippen molar-refractivity contribution in [3.63, 3.8) is 0 Å². The number of amides is 1. The van der Waals surface area contributed by atoms with E-state index in [1.54, 1.807) is 29.2 Å². The molecule has 2 atom stereocenters. The van der Waals surface area contributed by atoms with Crippen LogP contribution >= 0.6 is 0 Å². The number of benzene rings is 1. The molecule has 1 aromatic carbocycles. The number of likely N-dealkylation sites (tertiary alicyclic amines) is 1. The van der Waals surface area contributed by atoms with Crippen LogP contribution < -0.4 is 10.1 Å². The van der Waals surface area contributed by atoms with Crippen molar-refractivity contribution >= 4 is 5.91 Å². The molecule has 3 rings (SSSR count). The highest BCUT2D eigenvalue weighted by Crippen LogP contribution is 2.30. The first-order chi connectivity index (χ1) is 13.0. The minimum atomic E-state index is -0.299. The van der Waals surface area contributed by atoms with Crippen molar-refractivity contribution in [1.82, 2.24) is 15.2 Å². The molecule has 0 aliphatic carbocycles. The quantitative estimate of drug-likeness (QED) is 0.839. The Morgan fingerprint density at radius 1 is 1.37 bits per heavy atom. The Kier molecular flexibility index (Phi) is 5.23. The summed E-state index contributed by atoms with van der Waals surface area (Å²) in [6.07, 6.45) is 4.35. The van der Waals surface area contributed by atoms with Gasteiger partial charge in [-0.25, -0.2) is 4.98 Å². The number of nitrogens with zero attached hydrogens (tertiary/aromatic N) is 4. The molecule has 136 valence electrons. The van der Waals surface area contributed by atoms with Gasteiger partial charge in [-0.1, -0.05) is 12.1 Å². The summed E-state index contributed by atoms with van der Waals surface area (Å²) in [6, 6.07) is 10.9. The zero-order valence-corrected chi connectivity index (χ0v) is 15.1. The van der Waals surface area contributed by atoms with Crippen LogP contribution in [-0.4, -0.2) is 41.5 Å². The van der Waals surface area contributed by atoms with Gasteiger partial charge in [-0.3, -0.25) is 4.79 Å². The van der Waals surface area contributed by atoms with E-state index >= 15 is 0 Å². The van der Waals surface area contributed by atoms with Crippen molar-refractivity contribution in [3.8, 4) is 29.1 Å². The van der Waals surface area contributed by atoms with Gasteiger partial charge in [0.2, 0.25) is 0 Å². The third kappa shape index (κ3) is 3.83. The second kappa shape index (κ2) is 7.76. The maximum atomic E-state index is 12.6. The first-order valence-electron chi connectivity index (χ1n) is 8.57. The highest BCUT2D eigenvalue weighted by Gasteiger charge is 2.29. The van der Waals surface area contributed by atoms with Gasteiger partial charge >= 0.3 is 0 Å². The second-order valence-electron chi connectivity index (χ2n) is 6.47. The Hall–Kier alpha value is -3.58. The molecule has 7 nitrogen and oxygen atoms in total. The van der Waals surface area contributed by atoms with Crippen LogP contribution in [0.5, 0.6) is 5.75 Å². The fourth-order valence-electron chi connectivity index (χ4n) is 3.25. The van der Waals surface area contributed by atoms with Crippen molar-refractivity contribution in [2.45, 2.75) is 25.4 Å². The minimum Gasteiger partial charge on any atom is -0.494 e. The van der Waals surface area contributed by atoms with E-state index < -0.39 is 0 Å². The maximum Gasteiger partial charge on any atom is 0.270 e. The van der Waals surface area contributed by atoms with Crippen LogP contribution in [0.15, 0.2) is 36.5 Å². The first kappa shape index (κ1) is 18.2. The van der Waals surface area contributed by atoms with E-state index in [-0.39, 0.29) is 23.7 Å². The number of carbonyl (C=O) groups excluding carboxylic acids is 1. The third-order valence-electron chi connectivity index (χ3n) is 4.66. The molecule has 1 saturated heterocycles. The predicted octanol–water partition coefficient (Wildman–Crippen LogP) is 2.30. The van der Waals surface area contributed by atoms with Gasteiger partial charge in [0.25, 0.3) is 5.91 Å². The smallest absolute Gasteiger partial charge is 0.270 e. The van der Waals surface area contributed by atoms with Crippen molar-refractivity contribution in [2.75, 3.05) is 13.7 Å². The van der Waals surface area contributed by atoms with Crippen LogP contribution in [0, 0.1) is 22.8 Å². The third-order valence-corrected chi connectivity index (χ3v) is 4.66. The van der Waals surface area contributed by atoms with Crippen LogP contribution in [-0.2, 0) is 0 Å². The second-order valence-corrected chi connectivity index (χ2v) is 6.47. The summed E-state index contributed by atoms with van der Waals surface area (Å²) in [4.78, 5) is 18.5. The number of hydrogen-bond donors (Lipinski definition) is 1. The number of carbonyl (C=O) groups is 1. The number of aromatic nitrogens is 1. The molecular weight excluding hydrogens is 342 g/mol. The Morgan fingerprint density at radius 3 is 2.85 bits per heavy atom. The van der Waals surface area contributed by atoms with E-state index in [2.05, 4.69) is 22.6 Å². The Balaban J connectivity index is 1.86. The van der Waals surface area contributed by atoms with E-state index in [1.807, 2.05) is 13.0 Å². The number of nitriles is 2. The highest BCUT2D eigenvalue weighted by molar-refractivity contribution is 5.94. The molecule has 0 bridgehead atoms. The van der Waals surface area contributed by atoms with Crippen molar-refractivity contribution in [3.05, 3.63) is 47.8 Å². The molecule has 0 saturated carbocycles. The van der Waals surface area contributed by atoms with Crippen LogP contribution in [0.1, 0.15) is 29.4 Å². The molecular formula is C20H19N5O2. The van der Waals surface area contributed by atoms with E-state index in [1.165, 1.54) is 13.3 Å². The molecule has 7 heteroatoms. The van der Waals surface area contributed by atoms with E-state index in [0.717, 1.165) is 5.56 Å². The average Bonchev–Trinajstić information content (AvgIpc) is 3.06. The summed E-state index contributed by atoms with van der Waals surface area (Å²) >= 11 is 0. The molecule has 1 fully saturated rings. The lowest BCUT2D eigenvalue weighted by atomic mass is 10.0. The van der Waals surface area contributed by atoms with E-state index in [9.17, 15) is 4.79 Å². The molecule has 0 spiro atoms. The number of methoxy groups -OCH3 is 1. The molecule has 1 aliphatic rings. The maximum absolute atomic E-state index is 12.6. The monoisotopic (exact) mass is 361 g/mol. The van der Waals surface area contributed by atoms with Crippen molar-refractivity contribution < 1.29 is 9.53 Å². The van der Waals surface area contributed by atoms with Gasteiger partial charge < -0.3 is 15.0 Å². The standard InChI is InChI=1S/C20H19N5O2/c1-13-6-16(11-25(13)12-22)24-20(26)18-8-17(19(27-2)10-23-18)15-5-3-4-14(7-15)9-21/h3-5,7-8,10,13,16H,6,11H2,1-2H3,(H,24,26)/t13-,16-/m1/s1. The van der Waals surface area contributed by atoms with Gasteiger partial charge in [-0.05, 0) is 37.1 Å². The van der Waals surface area contributed by atoms with Gasteiger partial charge in [-0.2, -0.15) is 10.5 Å².